The molecule has 1 aromatic carbocycles. The van der Waals surface area contributed by atoms with Crippen LogP contribution >= 0.6 is 11.8 Å². The Bertz CT molecular complexity index is 602. The molecule has 5 heteroatoms. The molecule has 106 valence electrons. The number of fused-ring (bicyclic) bond motifs is 1. The summed E-state index contributed by atoms with van der Waals surface area (Å²) >= 11 is 1.16. The van der Waals surface area contributed by atoms with Gasteiger partial charge in [0.05, 0.1) is 6.10 Å². The summed E-state index contributed by atoms with van der Waals surface area (Å²) < 4.78 is 0. The van der Waals surface area contributed by atoms with E-state index >= 15 is 0 Å². The largest absolute Gasteiger partial charge is 0.390 e. The second-order valence-corrected chi connectivity index (χ2v) is 5.90. The summed E-state index contributed by atoms with van der Waals surface area (Å²) in [4.78, 5) is 14.9. The number of pyridine rings is 1. The van der Waals surface area contributed by atoms with Crippen LogP contribution < -0.4 is 0 Å². The molecule has 0 spiro atoms. The summed E-state index contributed by atoms with van der Waals surface area (Å²) in [5.74, 6) is 0.505. The molecule has 0 saturated carbocycles. The number of nitrogens with zero attached hydrogens (tertiary/aromatic N) is 1. The van der Waals surface area contributed by atoms with Crippen molar-refractivity contribution in [1.82, 2.24) is 4.98 Å². The Morgan fingerprint density at radius 2 is 2.10 bits per heavy atom. The third-order valence-corrected chi connectivity index (χ3v) is 3.94. The molecule has 0 radical (unpaired) electrons. The fourth-order valence-corrected chi connectivity index (χ4v) is 2.64. The standard InChI is InChI=1S/C15H17NO3S/c1-10(17)20-7-5-14(18)15(19)12-2-3-13-9-16-6-4-11(13)8-12/h2-4,6,8-9,14-15,18-19H,5,7H2,1H3. The fraction of sp³-hybridized carbons (Fsp3) is 0.333. The van der Waals surface area contributed by atoms with Gasteiger partial charge in [-0.15, -0.1) is 0 Å². The molecule has 0 aliphatic carbocycles. The summed E-state index contributed by atoms with van der Waals surface area (Å²) in [6, 6.07) is 7.38. The van der Waals surface area contributed by atoms with E-state index in [1.807, 2.05) is 18.2 Å². The SMILES string of the molecule is CC(=O)SCCC(O)C(O)c1ccc2cnccc2c1. The Morgan fingerprint density at radius 3 is 2.85 bits per heavy atom. The zero-order valence-electron chi connectivity index (χ0n) is 11.2. The highest BCUT2D eigenvalue weighted by molar-refractivity contribution is 8.13. The Morgan fingerprint density at radius 1 is 1.30 bits per heavy atom. The summed E-state index contributed by atoms with van der Waals surface area (Å²) in [6.45, 7) is 1.49. The Balaban J connectivity index is 2.06. The van der Waals surface area contributed by atoms with Gasteiger partial charge in [-0.25, -0.2) is 0 Å². The number of aliphatic hydroxyl groups is 2. The van der Waals surface area contributed by atoms with E-state index in [9.17, 15) is 15.0 Å². The first-order valence-electron chi connectivity index (χ1n) is 6.41. The topological polar surface area (TPSA) is 70.4 Å². The monoisotopic (exact) mass is 291 g/mol. The first-order chi connectivity index (χ1) is 9.58. The van der Waals surface area contributed by atoms with Crippen LogP contribution in [-0.2, 0) is 4.79 Å². The lowest BCUT2D eigenvalue weighted by atomic mass is 10.00. The maximum atomic E-state index is 10.8. The van der Waals surface area contributed by atoms with Crippen LogP contribution in [0.2, 0.25) is 0 Å². The van der Waals surface area contributed by atoms with E-state index in [1.54, 1.807) is 18.5 Å². The van der Waals surface area contributed by atoms with Gasteiger partial charge < -0.3 is 10.2 Å². The predicted octanol–water partition coefficient (Wildman–Crippen LogP) is 2.30. The molecule has 1 aromatic heterocycles. The Hall–Kier alpha value is -1.43. The zero-order valence-corrected chi connectivity index (χ0v) is 12.0. The highest BCUT2D eigenvalue weighted by Gasteiger charge is 2.18. The molecule has 2 unspecified atom stereocenters. The van der Waals surface area contributed by atoms with Crippen molar-refractivity contribution in [1.29, 1.82) is 0 Å². The molecule has 2 aromatic rings. The van der Waals surface area contributed by atoms with Crippen molar-refractivity contribution < 1.29 is 15.0 Å². The van der Waals surface area contributed by atoms with Gasteiger partial charge >= 0.3 is 0 Å². The number of aromatic nitrogens is 1. The Labute approximate surface area is 121 Å². The van der Waals surface area contributed by atoms with E-state index < -0.39 is 12.2 Å². The zero-order chi connectivity index (χ0) is 14.5. The fourth-order valence-electron chi connectivity index (χ4n) is 1.99. The summed E-state index contributed by atoms with van der Waals surface area (Å²) in [7, 11) is 0. The van der Waals surface area contributed by atoms with Crippen molar-refractivity contribution in [3.63, 3.8) is 0 Å². The normalized spacial score (nSPS) is 14.2. The molecule has 1 heterocycles. The number of carbonyl (C=O) groups is 1. The molecule has 0 saturated heterocycles. The average Bonchev–Trinajstić information content (AvgIpc) is 2.45. The molecule has 0 aliphatic heterocycles. The van der Waals surface area contributed by atoms with Crippen LogP contribution in [0.15, 0.2) is 36.7 Å². The van der Waals surface area contributed by atoms with Gasteiger partial charge in [-0.2, -0.15) is 0 Å². The van der Waals surface area contributed by atoms with Crippen molar-refractivity contribution in [2.45, 2.75) is 25.6 Å². The molecule has 20 heavy (non-hydrogen) atoms. The van der Waals surface area contributed by atoms with Crippen molar-refractivity contribution >= 4 is 27.6 Å². The molecule has 0 aliphatic rings. The highest BCUT2D eigenvalue weighted by atomic mass is 32.2. The summed E-state index contributed by atoms with van der Waals surface area (Å²) in [5, 5.41) is 22.1. The predicted molar refractivity (Wildman–Crippen MR) is 80.5 cm³/mol. The number of carbonyl (C=O) groups excluding carboxylic acids is 1. The quantitative estimate of drug-likeness (QED) is 0.884. The second kappa shape index (κ2) is 6.83. The molecule has 2 atom stereocenters. The summed E-state index contributed by atoms with van der Waals surface area (Å²) in [5.41, 5.74) is 0.670. The van der Waals surface area contributed by atoms with Gasteiger partial charge in [0.1, 0.15) is 6.10 Å². The third kappa shape index (κ3) is 3.79. The number of thioether (sulfide) groups is 1. The molecule has 2 rings (SSSR count). The third-order valence-electron chi connectivity index (χ3n) is 3.09. The smallest absolute Gasteiger partial charge is 0.185 e. The summed E-state index contributed by atoms with van der Waals surface area (Å²) in [6.07, 6.45) is 2.00. The van der Waals surface area contributed by atoms with E-state index in [-0.39, 0.29) is 5.12 Å². The van der Waals surface area contributed by atoms with Crippen LogP contribution in [0.3, 0.4) is 0 Å². The van der Waals surface area contributed by atoms with Crippen LogP contribution in [0.25, 0.3) is 10.8 Å². The van der Waals surface area contributed by atoms with Gasteiger partial charge in [-0.05, 0) is 29.5 Å². The minimum Gasteiger partial charge on any atom is -0.390 e. The molecular weight excluding hydrogens is 274 g/mol. The van der Waals surface area contributed by atoms with Gasteiger partial charge in [0, 0.05) is 30.5 Å². The lowest BCUT2D eigenvalue weighted by molar-refractivity contribution is -0.109. The highest BCUT2D eigenvalue weighted by Crippen LogP contribution is 2.24. The number of benzene rings is 1. The van der Waals surface area contributed by atoms with E-state index in [1.165, 1.54) is 6.92 Å². The number of rotatable bonds is 5. The van der Waals surface area contributed by atoms with Crippen molar-refractivity contribution in [3.05, 3.63) is 42.2 Å². The molecule has 4 nitrogen and oxygen atoms in total. The molecule has 0 amide bonds. The minimum absolute atomic E-state index is 0.0184. The molecule has 0 bridgehead atoms. The molecular formula is C15H17NO3S. The number of hydrogen-bond donors (Lipinski definition) is 2. The Kier molecular flexibility index (Phi) is 5.11. The first-order valence-corrected chi connectivity index (χ1v) is 7.39. The first kappa shape index (κ1) is 15.0. The lowest BCUT2D eigenvalue weighted by Crippen LogP contribution is -2.19. The van der Waals surface area contributed by atoms with Gasteiger partial charge in [-0.3, -0.25) is 9.78 Å². The van der Waals surface area contributed by atoms with E-state index in [0.29, 0.717) is 17.7 Å². The molecule has 0 fully saturated rings. The maximum absolute atomic E-state index is 10.8. The van der Waals surface area contributed by atoms with Gasteiger partial charge in [0.25, 0.3) is 0 Å². The van der Waals surface area contributed by atoms with Crippen LogP contribution in [0.5, 0.6) is 0 Å². The molecule has 2 N–H and O–H groups in total. The van der Waals surface area contributed by atoms with Crippen LogP contribution in [0, 0.1) is 0 Å². The average molecular weight is 291 g/mol. The van der Waals surface area contributed by atoms with Crippen LogP contribution in [0.1, 0.15) is 25.0 Å². The lowest BCUT2D eigenvalue weighted by Gasteiger charge is -2.18. The van der Waals surface area contributed by atoms with E-state index in [2.05, 4.69) is 4.98 Å². The minimum atomic E-state index is -0.944. The maximum Gasteiger partial charge on any atom is 0.185 e. The number of hydrogen-bond acceptors (Lipinski definition) is 5. The van der Waals surface area contributed by atoms with Crippen LogP contribution in [-0.4, -0.2) is 32.2 Å². The van der Waals surface area contributed by atoms with Gasteiger partial charge in [0.2, 0.25) is 0 Å². The van der Waals surface area contributed by atoms with E-state index in [4.69, 9.17) is 0 Å². The van der Waals surface area contributed by atoms with Crippen molar-refractivity contribution in [2.24, 2.45) is 0 Å². The van der Waals surface area contributed by atoms with Crippen molar-refractivity contribution in [3.8, 4) is 0 Å². The van der Waals surface area contributed by atoms with Crippen LogP contribution in [0.4, 0.5) is 0 Å². The second-order valence-electron chi connectivity index (χ2n) is 4.62. The van der Waals surface area contributed by atoms with Crippen molar-refractivity contribution in [2.75, 3.05) is 5.75 Å². The van der Waals surface area contributed by atoms with Gasteiger partial charge in [-0.1, -0.05) is 23.9 Å². The van der Waals surface area contributed by atoms with Gasteiger partial charge in [0.15, 0.2) is 5.12 Å². The number of aliphatic hydroxyl groups excluding tert-OH is 2. The van der Waals surface area contributed by atoms with E-state index in [0.717, 1.165) is 22.5 Å².